The molecule has 10 rings (SSSR count). The fourth-order valence-electron chi connectivity index (χ4n) is 11.9. The maximum atomic E-state index is 15.9. The number of likely N-dealkylation sites (tertiary alicyclic amines) is 3. The van der Waals surface area contributed by atoms with Gasteiger partial charge in [0.15, 0.2) is 17.2 Å². The first-order valence-electron chi connectivity index (χ1n) is 28.8. The van der Waals surface area contributed by atoms with E-state index in [-0.39, 0.29) is 81.6 Å². The lowest BCUT2D eigenvalue weighted by Gasteiger charge is -2.39. The van der Waals surface area contributed by atoms with Crippen LogP contribution in [0.1, 0.15) is 103 Å². The maximum absolute atomic E-state index is 15.9. The molecule has 0 bridgehead atoms. The fourth-order valence-corrected chi connectivity index (χ4v) is 11.9. The molecule has 4 saturated heterocycles. The molecule has 23 nitrogen and oxygen atoms in total. The predicted molar refractivity (Wildman–Crippen MR) is 305 cm³/mol. The van der Waals surface area contributed by atoms with Gasteiger partial charge in [0.1, 0.15) is 24.7 Å². The van der Waals surface area contributed by atoms with Crippen molar-refractivity contribution in [2.45, 2.75) is 89.3 Å². The number of hydrogen-bond donors (Lipinski definition) is 4. The number of methoxy groups -OCH3 is 1. The molecule has 0 saturated carbocycles. The van der Waals surface area contributed by atoms with Crippen LogP contribution in [0.4, 0.5) is 34.9 Å². The molecule has 6 amide bonds. The minimum Gasteiger partial charge on any atom is -0.468 e. The Balaban J connectivity index is 0.676. The van der Waals surface area contributed by atoms with Crippen molar-refractivity contribution >= 4 is 86.4 Å². The predicted octanol–water partition coefficient (Wildman–Crippen LogP) is 5.54. The summed E-state index contributed by atoms with van der Waals surface area (Å²) >= 11 is 0. The first-order valence-corrected chi connectivity index (χ1v) is 28.8. The van der Waals surface area contributed by atoms with Gasteiger partial charge in [0.25, 0.3) is 5.91 Å². The number of amides is 6. The molecule has 454 valence electrons. The maximum Gasteiger partial charge on any atom is 0.435 e. The number of nitrogens with two attached hydrogens (primary N) is 1. The van der Waals surface area contributed by atoms with E-state index in [2.05, 4.69) is 52.9 Å². The van der Waals surface area contributed by atoms with E-state index in [1.165, 1.54) is 36.9 Å². The molecule has 0 spiro atoms. The molecular formula is C59H66F4N14O9. The van der Waals surface area contributed by atoms with E-state index in [0.717, 1.165) is 72.6 Å². The summed E-state index contributed by atoms with van der Waals surface area (Å²) < 4.78 is 65.9. The third-order valence-electron chi connectivity index (χ3n) is 16.7. The van der Waals surface area contributed by atoms with Gasteiger partial charge in [-0.3, -0.25) is 43.0 Å². The first-order chi connectivity index (χ1) is 41.3. The number of esters is 1. The number of aromatic nitrogens is 6. The Morgan fingerprint density at radius 1 is 0.698 bits per heavy atom. The number of ether oxygens (including phenoxy) is 1. The van der Waals surface area contributed by atoms with Crippen molar-refractivity contribution in [3.05, 3.63) is 89.8 Å². The van der Waals surface area contributed by atoms with E-state index in [1.54, 1.807) is 11.1 Å². The summed E-state index contributed by atoms with van der Waals surface area (Å²) in [6.07, 6.45) is 4.15. The van der Waals surface area contributed by atoms with E-state index < -0.39 is 72.3 Å². The van der Waals surface area contributed by atoms with Gasteiger partial charge in [-0.25, -0.2) is 19.0 Å². The SMILES string of the molecule is COC(=O)CNC(=O)CNC(=O)Cn1nc(C(F)(F)F)c2c(-c3cc4c(cnn4C(=O)CCC(=O)N4CCC(C(=O)N5CCC(C(=O)N6CCC(c7ccc(Nc8nc(N9CCCCC9)cnc8C(N)=O)cc7)CC6)CC5)CC4)cc3F)cccc21. The van der Waals surface area contributed by atoms with Crippen molar-refractivity contribution in [1.82, 2.24) is 54.9 Å². The third kappa shape index (κ3) is 13.5. The van der Waals surface area contributed by atoms with Crippen LogP contribution in [0.5, 0.6) is 0 Å². The Hall–Kier alpha value is -9.04. The van der Waals surface area contributed by atoms with Gasteiger partial charge in [0.05, 0.1) is 37.1 Å². The number of anilines is 3. The number of carbonyl (C=O) groups is 8. The number of fused-ring (bicyclic) bond motifs is 2. The van der Waals surface area contributed by atoms with Crippen LogP contribution in [0, 0.1) is 17.7 Å². The lowest BCUT2D eigenvalue weighted by atomic mass is 9.87. The second-order valence-corrected chi connectivity index (χ2v) is 22.1. The quantitative estimate of drug-likeness (QED) is 0.0644. The Bertz CT molecular complexity index is 3560. The molecule has 27 heteroatoms. The van der Waals surface area contributed by atoms with Gasteiger partial charge in [-0.15, -0.1) is 0 Å². The van der Waals surface area contributed by atoms with Crippen LogP contribution in [0.25, 0.3) is 32.9 Å². The number of rotatable bonds is 17. The van der Waals surface area contributed by atoms with Gasteiger partial charge < -0.3 is 46.0 Å². The minimum atomic E-state index is -5.07. The second-order valence-electron chi connectivity index (χ2n) is 22.1. The number of carbonyl (C=O) groups excluding carboxylic acids is 8. The van der Waals surface area contributed by atoms with Crippen LogP contribution >= 0.6 is 0 Å². The number of nitrogens with one attached hydrogen (secondary N) is 3. The number of piperidine rings is 4. The van der Waals surface area contributed by atoms with Gasteiger partial charge in [-0.1, -0.05) is 24.3 Å². The Kier molecular flexibility index (Phi) is 18.2. The molecule has 3 aromatic carbocycles. The average Bonchev–Trinajstić information content (AvgIpc) is 1.88. The highest BCUT2D eigenvalue weighted by molar-refractivity contribution is 6.01. The van der Waals surface area contributed by atoms with Crippen molar-refractivity contribution in [2.24, 2.45) is 17.6 Å². The molecule has 4 aliphatic rings. The first kappa shape index (κ1) is 60.1. The molecule has 5 N–H and O–H groups in total. The molecule has 0 atom stereocenters. The van der Waals surface area contributed by atoms with Crippen LogP contribution in [-0.4, -0.2) is 164 Å². The van der Waals surface area contributed by atoms with E-state index in [9.17, 15) is 51.5 Å². The summed E-state index contributed by atoms with van der Waals surface area (Å²) in [5.41, 5.74) is 5.51. The molecule has 4 aliphatic heterocycles. The summed E-state index contributed by atoms with van der Waals surface area (Å²) in [6, 6.07) is 14.1. The van der Waals surface area contributed by atoms with Gasteiger partial charge in [-0.2, -0.15) is 23.4 Å². The molecule has 86 heavy (non-hydrogen) atoms. The van der Waals surface area contributed by atoms with E-state index >= 15 is 4.39 Å². The monoisotopic (exact) mass is 1190 g/mol. The molecule has 3 aromatic heterocycles. The Morgan fingerprint density at radius 3 is 1.97 bits per heavy atom. The number of benzene rings is 3. The Labute approximate surface area is 490 Å². The highest BCUT2D eigenvalue weighted by Crippen LogP contribution is 2.41. The van der Waals surface area contributed by atoms with Crippen molar-refractivity contribution in [3.63, 3.8) is 0 Å². The number of alkyl halides is 3. The number of halogens is 4. The molecule has 4 fully saturated rings. The number of hydrogen-bond acceptors (Lipinski definition) is 15. The highest BCUT2D eigenvalue weighted by Gasteiger charge is 2.39. The largest absolute Gasteiger partial charge is 0.468 e. The summed E-state index contributed by atoms with van der Waals surface area (Å²) in [6.45, 7) is 2.69. The molecule has 7 heterocycles. The van der Waals surface area contributed by atoms with Crippen molar-refractivity contribution < 1.29 is 60.7 Å². The summed E-state index contributed by atoms with van der Waals surface area (Å²) in [4.78, 5) is 120. The van der Waals surface area contributed by atoms with Gasteiger partial charge in [-0.05, 0) is 105 Å². The second kappa shape index (κ2) is 26.1. The third-order valence-corrected chi connectivity index (χ3v) is 16.7. The summed E-state index contributed by atoms with van der Waals surface area (Å²) in [5, 5.41) is 15.1. The fraction of sp³-hybridized carbons (Fsp3) is 0.458. The molecule has 0 unspecified atom stereocenters. The average molecular weight is 1190 g/mol. The highest BCUT2D eigenvalue weighted by atomic mass is 19.4. The van der Waals surface area contributed by atoms with Crippen LogP contribution in [0.2, 0.25) is 0 Å². The smallest absolute Gasteiger partial charge is 0.435 e. The van der Waals surface area contributed by atoms with Crippen LogP contribution < -0.4 is 26.6 Å². The van der Waals surface area contributed by atoms with Crippen molar-refractivity contribution in [1.29, 1.82) is 0 Å². The van der Waals surface area contributed by atoms with Crippen LogP contribution in [0.15, 0.2) is 67.0 Å². The normalized spacial score (nSPS) is 16.5. The molecule has 0 aliphatic carbocycles. The van der Waals surface area contributed by atoms with Gasteiger partial charge >= 0.3 is 12.1 Å². The lowest BCUT2D eigenvalue weighted by Crippen LogP contribution is -2.49. The van der Waals surface area contributed by atoms with E-state index in [4.69, 9.17) is 10.7 Å². The number of nitrogens with zero attached hydrogens (tertiary/aromatic N) is 10. The van der Waals surface area contributed by atoms with Crippen molar-refractivity contribution in [3.8, 4) is 11.1 Å². The zero-order valence-electron chi connectivity index (χ0n) is 47.4. The van der Waals surface area contributed by atoms with Gasteiger partial charge in [0.2, 0.25) is 35.4 Å². The standard InChI is InChI=1S/C59H66F4N14O9/c1-86-51(82)33-66-47(78)32-65-48(79)34-76-44-7-5-6-41(52(44)54(71-76)59(61,62)63)42-29-45-39(28-43(42)60)30-68-77(45)50(81)13-12-49(80)73-22-16-37(17-23-73)57(84)75-26-18-38(19-27-75)58(85)74-24-14-36(15-25-74)35-8-10-40(11-9-35)69-56-53(55(64)83)67-31-46(70-56)72-20-3-2-4-21-72/h5-11,28-31,36-38H,2-4,12-27,32-34H2,1H3,(H2,64,83)(H,65,79)(H,66,78)(H,69,70). The lowest BCUT2D eigenvalue weighted by molar-refractivity contribution is -0.145. The topological polar surface area (TPSA) is 282 Å². The van der Waals surface area contributed by atoms with Gasteiger partial charge in [0, 0.05) is 99.1 Å². The van der Waals surface area contributed by atoms with Crippen LogP contribution in [-0.2, 0) is 46.2 Å². The molecule has 0 radical (unpaired) electrons. The summed E-state index contributed by atoms with van der Waals surface area (Å²) in [7, 11) is 1.11. The number of primary amides is 1. The molecule has 6 aromatic rings. The van der Waals surface area contributed by atoms with Crippen LogP contribution in [0.3, 0.4) is 0 Å². The molecular weight excluding hydrogens is 1120 g/mol. The van der Waals surface area contributed by atoms with E-state index in [1.807, 2.05) is 21.9 Å². The zero-order valence-corrected chi connectivity index (χ0v) is 47.4. The Morgan fingerprint density at radius 2 is 1.33 bits per heavy atom. The summed E-state index contributed by atoms with van der Waals surface area (Å²) in [5.74, 6) is -4.04. The zero-order chi connectivity index (χ0) is 60.8. The van der Waals surface area contributed by atoms with E-state index in [0.29, 0.717) is 76.6 Å². The van der Waals surface area contributed by atoms with Crippen molar-refractivity contribution in [2.75, 3.05) is 82.8 Å². The minimum absolute atomic E-state index is 0.00520.